The third kappa shape index (κ3) is 4.68. The fourth-order valence-corrected chi connectivity index (χ4v) is 2.71. The van der Waals surface area contributed by atoms with E-state index in [4.69, 9.17) is 0 Å². The Morgan fingerprint density at radius 3 is 2.37 bits per heavy atom. The molecule has 0 saturated heterocycles. The van der Waals surface area contributed by atoms with E-state index in [-0.39, 0.29) is 18.2 Å². The van der Waals surface area contributed by atoms with Gasteiger partial charge in [-0.05, 0) is 50.9 Å². The van der Waals surface area contributed by atoms with E-state index < -0.39 is 0 Å². The molecule has 4 heteroatoms. The van der Waals surface area contributed by atoms with Crippen molar-refractivity contribution in [3.05, 3.63) is 0 Å². The predicted octanol–water partition coefficient (Wildman–Crippen LogP) is 2.51. The number of urea groups is 1. The molecular weight excluding hydrogens is 240 g/mol. The van der Waals surface area contributed by atoms with E-state index in [0.29, 0.717) is 12.0 Å². The van der Waals surface area contributed by atoms with Crippen molar-refractivity contribution >= 4 is 6.03 Å². The SMILES string of the molecule is CC(C)CCN(C(=O)NC1CCC(O)CC1)C1CC1. The van der Waals surface area contributed by atoms with Crippen molar-refractivity contribution in [2.75, 3.05) is 6.54 Å². The first kappa shape index (κ1) is 14.6. The maximum absolute atomic E-state index is 12.3. The number of nitrogens with zero attached hydrogens (tertiary/aromatic N) is 1. The van der Waals surface area contributed by atoms with Crippen LogP contribution in [0.25, 0.3) is 0 Å². The summed E-state index contributed by atoms with van der Waals surface area (Å²) in [6.45, 7) is 5.28. The van der Waals surface area contributed by atoms with Gasteiger partial charge in [0.15, 0.2) is 0 Å². The molecule has 2 fully saturated rings. The molecule has 19 heavy (non-hydrogen) atoms. The molecular formula is C15H28N2O2. The Hall–Kier alpha value is -0.770. The Bertz CT molecular complexity index is 295. The summed E-state index contributed by atoms with van der Waals surface area (Å²) in [5.41, 5.74) is 0. The van der Waals surface area contributed by atoms with E-state index in [0.717, 1.165) is 51.5 Å². The van der Waals surface area contributed by atoms with Crippen LogP contribution in [0.2, 0.25) is 0 Å². The van der Waals surface area contributed by atoms with Crippen molar-refractivity contribution in [2.45, 2.75) is 77.0 Å². The summed E-state index contributed by atoms with van der Waals surface area (Å²) in [4.78, 5) is 14.4. The molecule has 2 aliphatic rings. The molecule has 0 unspecified atom stereocenters. The molecule has 0 atom stereocenters. The Balaban J connectivity index is 1.78. The molecule has 2 amide bonds. The van der Waals surface area contributed by atoms with Gasteiger partial charge in [-0.3, -0.25) is 0 Å². The molecule has 0 aromatic rings. The molecule has 0 aromatic heterocycles. The third-order valence-corrected chi connectivity index (χ3v) is 4.22. The van der Waals surface area contributed by atoms with Gasteiger partial charge in [-0.15, -0.1) is 0 Å². The van der Waals surface area contributed by atoms with E-state index in [1.54, 1.807) is 0 Å². The quantitative estimate of drug-likeness (QED) is 0.805. The zero-order valence-corrected chi connectivity index (χ0v) is 12.3. The normalized spacial score (nSPS) is 27.4. The maximum atomic E-state index is 12.3. The van der Waals surface area contributed by atoms with Gasteiger partial charge < -0.3 is 15.3 Å². The van der Waals surface area contributed by atoms with Crippen molar-refractivity contribution in [3.8, 4) is 0 Å². The van der Waals surface area contributed by atoms with Crippen molar-refractivity contribution in [2.24, 2.45) is 5.92 Å². The van der Waals surface area contributed by atoms with Crippen molar-refractivity contribution in [1.29, 1.82) is 0 Å². The summed E-state index contributed by atoms with van der Waals surface area (Å²) in [6, 6.07) is 0.855. The van der Waals surface area contributed by atoms with Crippen LogP contribution in [-0.2, 0) is 0 Å². The van der Waals surface area contributed by atoms with Gasteiger partial charge in [0.2, 0.25) is 0 Å². The second-order valence-corrected chi connectivity index (χ2v) is 6.56. The first-order chi connectivity index (χ1) is 9.06. The van der Waals surface area contributed by atoms with Crippen LogP contribution in [0.3, 0.4) is 0 Å². The molecule has 2 aliphatic carbocycles. The molecule has 110 valence electrons. The second-order valence-electron chi connectivity index (χ2n) is 6.56. The molecule has 0 aromatic carbocycles. The van der Waals surface area contributed by atoms with Gasteiger partial charge in [0.05, 0.1) is 6.10 Å². The van der Waals surface area contributed by atoms with Crippen LogP contribution in [-0.4, -0.2) is 40.8 Å². The highest BCUT2D eigenvalue weighted by Crippen LogP contribution is 2.28. The van der Waals surface area contributed by atoms with E-state index in [9.17, 15) is 9.90 Å². The average molecular weight is 268 g/mol. The summed E-state index contributed by atoms with van der Waals surface area (Å²) in [5.74, 6) is 0.638. The van der Waals surface area contributed by atoms with Gasteiger partial charge in [-0.25, -0.2) is 4.79 Å². The zero-order chi connectivity index (χ0) is 13.8. The minimum atomic E-state index is -0.159. The van der Waals surface area contributed by atoms with Crippen LogP contribution in [0, 0.1) is 5.92 Å². The Labute approximate surface area is 116 Å². The number of aliphatic hydroxyl groups excluding tert-OH is 1. The molecule has 0 aliphatic heterocycles. The van der Waals surface area contributed by atoms with E-state index in [2.05, 4.69) is 19.2 Å². The number of carbonyl (C=O) groups excluding carboxylic acids is 1. The molecule has 2 rings (SSSR count). The number of nitrogens with one attached hydrogen (secondary N) is 1. The first-order valence-electron chi connectivity index (χ1n) is 7.81. The number of hydrogen-bond acceptors (Lipinski definition) is 2. The minimum Gasteiger partial charge on any atom is -0.393 e. The van der Waals surface area contributed by atoms with Gasteiger partial charge in [0, 0.05) is 18.6 Å². The van der Waals surface area contributed by atoms with Gasteiger partial charge >= 0.3 is 6.03 Å². The summed E-state index contributed by atoms with van der Waals surface area (Å²) >= 11 is 0. The van der Waals surface area contributed by atoms with Crippen molar-refractivity contribution < 1.29 is 9.90 Å². The van der Waals surface area contributed by atoms with Gasteiger partial charge in [-0.2, -0.15) is 0 Å². The smallest absolute Gasteiger partial charge is 0.317 e. The van der Waals surface area contributed by atoms with Crippen molar-refractivity contribution in [1.82, 2.24) is 10.2 Å². The van der Waals surface area contributed by atoms with E-state index in [1.807, 2.05) is 4.90 Å². The minimum absolute atomic E-state index is 0.115. The largest absolute Gasteiger partial charge is 0.393 e. The van der Waals surface area contributed by atoms with E-state index >= 15 is 0 Å². The Morgan fingerprint density at radius 1 is 1.21 bits per heavy atom. The maximum Gasteiger partial charge on any atom is 0.317 e. The standard InChI is InChI=1S/C15H28N2O2/c1-11(2)9-10-17(13-5-6-13)15(19)16-12-3-7-14(18)8-4-12/h11-14,18H,3-10H2,1-2H3,(H,16,19). The summed E-state index contributed by atoms with van der Waals surface area (Å²) in [6.07, 6.45) is 6.71. The number of hydrogen-bond donors (Lipinski definition) is 2. The Kier molecular flexibility index (Phi) is 5.08. The van der Waals surface area contributed by atoms with Gasteiger partial charge in [0.1, 0.15) is 0 Å². The highest BCUT2D eigenvalue weighted by atomic mass is 16.3. The Morgan fingerprint density at radius 2 is 1.84 bits per heavy atom. The molecule has 2 saturated carbocycles. The monoisotopic (exact) mass is 268 g/mol. The topological polar surface area (TPSA) is 52.6 Å². The van der Waals surface area contributed by atoms with E-state index in [1.165, 1.54) is 0 Å². The van der Waals surface area contributed by atoms with Crippen molar-refractivity contribution in [3.63, 3.8) is 0 Å². The fraction of sp³-hybridized carbons (Fsp3) is 0.933. The molecule has 0 heterocycles. The number of amides is 2. The summed E-state index contributed by atoms with van der Waals surface area (Å²) in [5, 5.41) is 12.7. The molecule has 2 N–H and O–H groups in total. The van der Waals surface area contributed by atoms with Gasteiger partial charge in [-0.1, -0.05) is 13.8 Å². The lowest BCUT2D eigenvalue weighted by molar-refractivity contribution is 0.114. The van der Waals surface area contributed by atoms with Crippen LogP contribution in [0.1, 0.15) is 58.8 Å². The molecule has 4 nitrogen and oxygen atoms in total. The summed E-state index contributed by atoms with van der Waals surface area (Å²) < 4.78 is 0. The average Bonchev–Trinajstić information content (AvgIpc) is 3.16. The van der Waals surface area contributed by atoms with Crippen LogP contribution in [0.4, 0.5) is 4.79 Å². The fourth-order valence-electron chi connectivity index (χ4n) is 2.71. The second kappa shape index (κ2) is 6.60. The number of carbonyl (C=O) groups is 1. The van der Waals surface area contributed by atoms with Crippen LogP contribution in [0.5, 0.6) is 0 Å². The lowest BCUT2D eigenvalue weighted by Gasteiger charge is -2.30. The van der Waals surface area contributed by atoms with Crippen LogP contribution < -0.4 is 5.32 Å². The highest BCUT2D eigenvalue weighted by molar-refractivity contribution is 5.75. The number of aliphatic hydroxyl groups is 1. The lowest BCUT2D eigenvalue weighted by Crippen LogP contribution is -2.47. The van der Waals surface area contributed by atoms with Gasteiger partial charge in [0.25, 0.3) is 0 Å². The number of rotatable bonds is 5. The predicted molar refractivity (Wildman–Crippen MR) is 76.0 cm³/mol. The lowest BCUT2D eigenvalue weighted by atomic mass is 9.93. The molecule has 0 spiro atoms. The van der Waals surface area contributed by atoms with Crippen LogP contribution in [0.15, 0.2) is 0 Å². The summed E-state index contributed by atoms with van der Waals surface area (Å²) in [7, 11) is 0. The first-order valence-corrected chi connectivity index (χ1v) is 7.81. The van der Waals surface area contributed by atoms with Crippen LogP contribution >= 0.6 is 0 Å². The molecule has 0 bridgehead atoms. The molecule has 0 radical (unpaired) electrons. The highest BCUT2D eigenvalue weighted by Gasteiger charge is 2.33. The third-order valence-electron chi connectivity index (χ3n) is 4.22. The zero-order valence-electron chi connectivity index (χ0n) is 12.3.